The van der Waals surface area contributed by atoms with E-state index in [0.717, 1.165) is 48.1 Å². The van der Waals surface area contributed by atoms with Gasteiger partial charge in [0, 0.05) is 24.7 Å². The molecule has 1 aromatic carbocycles. The van der Waals surface area contributed by atoms with Crippen LogP contribution in [0.25, 0.3) is 10.9 Å². The first kappa shape index (κ1) is 17.0. The quantitative estimate of drug-likeness (QED) is 0.854. The van der Waals surface area contributed by atoms with Crippen molar-refractivity contribution in [2.45, 2.75) is 39.7 Å². The van der Waals surface area contributed by atoms with Gasteiger partial charge in [0.15, 0.2) is 0 Å². The fourth-order valence-electron chi connectivity index (χ4n) is 3.96. The van der Waals surface area contributed by atoms with Crippen molar-refractivity contribution in [2.24, 2.45) is 0 Å². The smallest absolute Gasteiger partial charge is 0.335 e. The van der Waals surface area contributed by atoms with Gasteiger partial charge < -0.3 is 19.7 Å². The lowest BCUT2D eigenvalue weighted by Crippen LogP contribution is -2.21. The zero-order valence-electron chi connectivity index (χ0n) is 14.5. The number of benzene rings is 1. The molecule has 0 radical (unpaired) electrons. The number of nitrogens with zero attached hydrogens (tertiary/aromatic N) is 2. The Balaban J connectivity index is 2.07. The minimum Gasteiger partial charge on any atom is -0.478 e. The number of hydrogen-bond donors (Lipinski definition) is 2. The highest BCUT2D eigenvalue weighted by atomic mass is 16.4. The number of likely N-dealkylation sites (tertiary alicyclic amines) is 1. The molecule has 1 saturated heterocycles. The maximum Gasteiger partial charge on any atom is 0.335 e. The predicted molar refractivity (Wildman–Crippen MR) is 94.8 cm³/mol. The minimum atomic E-state index is -0.877. The standard InChI is InChI=1S/C19H26N2O3/c1-13-11-16(19(23)24)14(2)17-15(5-8-20-6-3-4-7-20)12-21(9-10-22)18(13)17/h11-12,22H,3-10H2,1-2H3,(H,23,24). The van der Waals surface area contributed by atoms with Crippen molar-refractivity contribution in [3.8, 4) is 0 Å². The molecule has 2 N–H and O–H groups in total. The summed E-state index contributed by atoms with van der Waals surface area (Å²) in [7, 11) is 0. The Hall–Kier alpha value is -1.85. The monoisotopic (exact) mass is 330 g/mol. The minimum absolute atomic E-state index is 0.0779. The summed E-state index contributed by atoms with van der Waals surface area (Å²) in [4.78, 5) is 14.0. The van der Waals surface area contributed by atoms with Crippen LogP contribution in [0, 0.1) is 13.8 Å². The van der Waals surface area contributed by atoms with Gasteiger partial charge in [-0.1, -0.05) is 0 Å². The zero-order valence-corrected chi connectivity index (χ0v) is 14.5. The number of aliphatic hydroxyl groups is 1. The molecule has 0 saturated carbocycles. The average molecular weight is 330 g/mol. The summed E-state index contributed by atoms with van der Waals surface area (Å²) in [5.74, 6) is -0.877. The van der Waals surface area contributed by atoms with Crippen LogP contribution < -0.4 is 0 Å². The van der Waals surface area contributed by atoms with Crippen molar-refractivity contribution < 1.29 is 15.0 Å². The van der Waals surface area contributed by atoms with Crippen molar-refractivity contribution in [3.05, 3.63) is 34.5 Å². The first-order valence-electron chi connectivity index (χ1n) is 8.71. The van der Waals surface area contributed by atoms with Gasteiger partial charge in [-0.15, -0.1) is 0 Å². The third kappa shape index (κ3) is 3.06. The van der Waals surface area contributed by atoms with Gasteiger partial charge in [-0.3, -0.25) is 0 Å². The van der Waals surface area contributed by atoms with Gasteiger partial charge >= 0.3 is 5.97 Å². The van der Waals surface area contributed by atoms with Crippen molar-refractivity contribution in [1.82, 2.24) is 9.47 Å². The lowest BCUT2D eigenvalue weighted by Gasteiger charge is -2.14. The Morgan fingerprint density at radius 3 is 2.54 bits per heavy atom. The Morgan fingerprint density at radius 1 is 1.21 bits per heavy atom. The second-order valence-corrected chi connectivity index (χ2v) is 6.76. The molecule has 1 fully saturated rings. The molecule has 0 amide bonds. The molecule has 0 unspecified atom stereocenters. The Kier molecular flexibility index (Phi) is 4.92. The Morgan fingerprint density at radius 2 is 1.92 bits per heavy atom. The molecule has 130 valence electrons. The highest BCUT2D eigenvalue weighted by molar-refractivity contribution is 6.00. The van der Waals surface area contributed by atoms with Crippen molar-refractivity contribution in [3.63, 3.8) is 0 Å². The zero-order chi connectivity index (χ0) is 17.3. The third-order valence-corrected chi connectivity index (χ3v) is 5.14. The lowest BCUT2D eigenvalue weighted by atomic mass is 9.97. The van der Waals surface area contributed by atoms with E-state index in [4.69, 9.17) is 0 Å². The molecule has 2 heterocycles. The number of carboxylic acid groups (broad SMARTS) is 1. The number of aryl methyl sites for hydroxylation is 2. The van der Waals surface area contributed by atoms with Crippen molar-refractivity contribution in [1.29, 1.82) is 0 Å². The lowest BCUT2D eigenvalue weighted by molar-refractivity contribution is 0.0696. The number of hydrogen-bond acceptors (Lipinski definition) is 3. The molecule has 1 aliphatic rings. The second-order valence-electron chi connectivity index (χ2n) is 6.76. The molecule has 0 spiro atoms. The SMILES string of the molecule is Cc1c(C(=O)O)cc(C)c2c1c(CCN1CCCC1)cn2CCO. The summed E-state index contributed by atoms with van der Waals surface area (Å²) < 4.78 is 2.07. The van der Waals surface area contributed by atoms with E-state index in [-0.39, 0.29) is 6.61 Å². The molecule has 3 rings (SSSR count). The summed E-state index contributed by atoms with van der Waals surface area (Å²) in [5, 5.41) is 19.9. The molecule has 5 nitrogen and oxygen atoms in total. The summed E-state index contributed by atoms with van der Waals surface area (Å²) in [6.45, 7) is 7.79. The van der Waals surface area contributed by atoms with Crippen LogP contribution in [-0.4, -0.2) is 51.9 Å². The topological polar surface area (TPSA) is 65.7 Å². The molecule has 0 bridgehead atoms. The van der Waals surface area contributed by atoms with E-state index < -0.39 is 5.97 Å². The molecule has 2 aromatic rings. The van der Waals surface area contributed by atoms with E-state index >= 15 is 0 Å². The van der Waals surface area contributed by atoms with E-state index in [2.05, 4.69) is 15.7 Å². The largest absolute Gasteiger partial charge is 0.478 e. The number of aromatic carboxylic acids is 1. The van der Waals surface area contributed by atoms with Crippen LogP contribution in [0.5, 0.6) is 0 Å². The molecule has 0 aliphatic carbocycles. The van der Waals surface area contributed by atoms with E-state index in [1.807, 2.05) is 13.8 Å². The summed E-state index contributed by atoms with van der Waals surface area (Å²) >= 11 is 0. The van der Waals surface area contributed by atoms with Crippen LogP contribution in [-0.2, 0) is 13.0 Å². The summed E-state index contributed by atoms with van der Waals surface area (Å²) in [6.07, 6.45) is 5.56. The number of fused-ring (bicyclic) bond motifs is 1. The number of aliphatic hydroxyl groups excluding tert-OH is 1. The van der Waals surface area contributed by atoms with Crippen LogP contribution in [0.2, 0.25) is 0 Å². The van der Waals surface area contributed by atoms with Gasteiger partial charge in [0.1, 0.15) is 0 Å². The predicted octanol–water partition coefficient (Wildman–Crippen LogP) is 2.59. The van der Waals surface area contributed by atoms with Gasteiger partial charge in [0.05, 0.1) is 17.7 Å². The summed E-state index contributed by atoms with van der Waals surface area (Å²) in [6, 6.07) is 1.75. The number of carbonyl (C=O) groups is 1. The van der Waals surface area contributed by atoms with Crippen LogP contribution >= 0.6 is 0 Å². The van der Waals surface area contributed by atoms with E-state index in [1.165, 1.54) is 18.4 Å². The first-order valence-corrected chi connectivity index (χ1v) is 8.71. The molecule has 5 heteroatoms. The van der Waals surface area contributed by atoms with Crippen molar-refractivity contribution in [2.75, 3.05) is 26.2 Å². The van der Waals surface area contributed by atoms with Gasteiger partial charge in [0.2, 0.25) is 0 Å². The third-order valence-electron chi connectivity index (χ3n) is 5.14. The van der Waals surface area contributed by atoms with Gasteiger partial charge in [-0.05, 0) is 69.0 Å². The molecule has 0 atom stereocenters. The van der Waals surface area contributed by atoms with Crippen molar-refractivity contribution >= 4 is 16.9 Å². The van der Waals surface area contributed by atoms with E-state index in [0.29, 0.717) is 12.1 Å². The summed E-state index contributed by atoms with van der Waals surface area (Å²) in [5.41, 5.74) is 4.41. The second kappa shape index (κ2) is 6.95. The first-order chi connectivity index (χ1) is 11.5. The normalized spacial score (nSPS) is 15.5. The average Bonchev–Trinajstić information content (AvgIpc) is 3.17. The fourth-order valence-corrected chi connectivity index (χ4v) is 3.96. The highest BCUT2D eigenvalue weighted by Gasteiger charge is 2.20. The van der Waals surface area contributed by atoms with Crippen LogP contribution in [0.4, 0.5) is 0 Å². The number of carboxylic acids is 1. The number of aromatic nitrogens is 1. The fraction of sp³-hybridized carbons (Fsp3) is 0.526. The molecular formula is C19H26N2O3. The Labute approximate surface area is 142 Å². The van der Waals surface area contributed by atoms with Crippen LogP contribution in [0.15, 0.2) is 12.3 Å². The maximum absolute atomic E-state index is 11.6. The van der Waals surface area contributed by atoms with Crippen LogP contribution in [0.1, 0.15) is 39.9 Å². The Bertz CT molecular complexity index is 758. The molecular weight excluding hydrogens is 304 g/mol. The molecule has 24 heavy (non-hydrogen) atoms. The molecule has 1 aromatic heterocycles. The van der Waals surface area contributed by atoms with Gasteiger partial charge in [-0.25, -0.2) is 4.79 Å². The highest BCUT2D eigenvalue weighted by Crippen LogP contribution is 2.31. The number of rotatable bonds is 6. The molecule has 1 aliphatic heterocycles. The van der Waals surface area contributed by atoms with Crippen LogP contribution in [0.3, 0.4) is 0 Å². The van der Waals surface area contributed by atoms with E-state index in [1.54, 1.807) is 6.07 Å². The van der Waals surface area contributed by atoms with Gasteiger partial charge in [-0.2, -0.15) is 0 Å². The maximum atomic E-state index is 11.6. The van der Waals surface area contributed by atoms with E-state index in [9.17, 15) is 15.0 Å². The van der Waals surface area contributed by atoms with Gasteiger partial charge in [0.25, 0.3) is 0 Å².